The molecule has 0 aliphatic rings. The maximum Gasteiger partial charge on any atom is 0.191 e. The van der Waals surface area contributed by atoms with Gasteiger partial charge in [0, 0.05) is 25.7 Å². The van der Waals surface area contributed by atoms with E-state index in [9.17, 15) is 8.78 Å². The molecule has 0 unspecified atom stereocenters. The molecule has 0 aliphatic carbocycles. The molecule has 2 N–H and O–H groups in total. The first-order valence-corrected chi connectivity index (χ1v) is 7.72. The maximum atomic E-state index is 13.6. The van der Waals surface area contributed by atoms with Crippen molar-refractivity contribution in [3.8, 4) is 5.75 Å². The van der Waals surface area contributed by atoms with E-state index in [2.05, 4.69) is 15.6 Å². The molecule has 0 heterocycles. The van der Waals surface area contributed by atoms with Crippen LogP contribution < -0.4 is 15.4 Å². The minimum atomic E-state index is -0.469. The van der Waals surface area contributed by atoms with Crippen molar-refractivity contribution in [1.82, 2.24) is 10.6 Å². The summed E-state index contributed by atoms with van der Waals surface area (Å²) in [6.45, 7) is 3.22. The first-order valence-electron chi connectivity index (χ1n) is 7.72. The van der Waals surface area contributed by atoms with Crippen LogP contribution in [0.3, 0.4) is 0 Å². The maximum absolute atomic E-state index is 13.6. The number of rotatable bonds is 6. The van der Waals surface area contributed by atoms with Crippen molar-refractivity contribution < 1.29 is 13.5 Å². The molecule has 128 valence electrons. The lowest BCUT2D eigenvalue weighted by Gasteiger charge is -2.13. The first kappa shape index (κ1) is 17.7. The Labute approximate surface area is 140 Å². The number of nitrogens with one attached hydrogen (secondary N) is 2. The predicted octanol–water partition coefficient (Wildman–Crippen LogP) is 3.23. The summed E-state index contributed by atoms with van der Waals surface area (Å²) in [6, 6.07) is 11.1. The highest BCUT2D eigenvalue weighted by Gasteiger charge is 2.05. The number of nitrogens with zero attached hydrogens (tertiary/aromatic N) is 1. The molecule has 24 heavy (non-hydrogen) atoms. The lowest BCUT2D eigenvalue weighted by molar-refractivity contribution is 0.340. The summed E-state index contributed by atoms with van der Waals surface area (Å²) >= 11 is 0. The van der Waals surface area contributed by atoms with Gasteiger partial charge in [0.15, 0.2) is 5.96 Å². The van der Waals surface area contributed by atoms with Crippen LogP contribution in [0.4, 0.5) is 8.78 Å². The molecule has 4 nitrogen and oxygen atoms in total. The van der Waals surface area contributed by atoms with Gasteiger partial charge in [-0.2, -0.15) is 0 Å². The monoisotopic (exact) mass is 333 g/mol. The number of aliphatic imine (C=N–C) groups is 1. The number of halogens is 2. The highest BCUT2D eigenvalue weighted by molar-refractivity contribution is 5.79. The number of ether oxygens (including phenoxy) is 1. The summed E-state index contributed by atoms with van der Waals surface area (Å²) < 4.78 is 32.2. The van der Waals surface area contributed by atoms with Gasteiger partial charge < -0.3 is 15.4 Å². The van der Waals surface area contributed by atoms with Gasteiger partial charge in [0.25, 0.3) is 0 Å². The molecule has 0 saturated carbocycles. The summed E-state index contributed by atoms with van der Waals surface area (Å²) in [7, 11) is 1.62. The second-order valence-electron chi connectivity index (χ2n) is 5.10. The smallest absolute Gasteiger partial charge is 0.191 e. The largest absolute Gasteiger partial charge is 0.494 e. The quantitative estimate of drug-likeness (QED) is 0.630. The fourth-order valence-corrected chi connectivity index (χ4v) is 2.18. The van der Waals surface area contributed by atoms with Gasteiger partial charge in [0.05, 0.1) is 6.61 Å². The Morgan fingerprint density at radius 2 is 1.88 bits per heavy atom. The first-order chi connectivity index (χ1) is 11.6. The van der Waals surface area contributed by atoms with Crippen LogP contribution in [0.25, 0.3) is 0 Å². The van der Waals surface area contributed by atoms with Crippen molar-refractivity contribution in [2.75, 3.05) is 13.7 Å². The van der Waals surface area contributed by atoms with Gasteiger partial charge in [-0.1, -0.05) is 12.1 Å². The van der Waals surface area contributed by atoms with Crippen LogP contribution in [0.1, 0.15) is 18.1 Å². The van der Waals surface area contributed by atoms with Crippen molar-refractivity contribution in [2.45, 2.75) is 20.0 Å². The zero-order chi connectivity index (χ0) is 17.4. The second-order valence-corrected chi connectivity index (χ2v) is 5.10. The van der Waals surface area contributed by atoms with Crippen molar-refractivity contribution in [3.05, 3.63) is 65.2 Å². The van der Waals surface area contributed by atoms with Crippen LogP contribution in [0, 0.1) is 11.6 Å². The molecule has 2 aromatic rings. The van der Waals surface area contributed by atoms with Crippen LogP contribution in [0.5, 0.6) is 5.75 Å². The molecule has 0 radical (unpaired) electrons. The van der Waals surface area contributed by atoms with Crippen LogP contribution in [-0.4, -0.2) is 19.6 Å². The van der Waals surface area contributed by atoms with Gasteiger partial charge in [-0.25, -0.2) is 8.78 Å². The van der Waals surface area contributed by atoms with Crippen molar-refractivity contribution in [3.63, 3.8) is 0 Å². The van der Waals surface area contributed by atoms with Crippen LogP contribution >= 0.6 is 0 Å². The zero-order valence-corrected chi connectivity index (χ0v) is 13.8. The standard InChI is InChI=1S/C18H21F2N3O/c1-3-24-16-6-4-5-13(9-16)11-22-18(21-2)23-12-14-10-15(19)7-8-17(14)20/h4-10H,3,11-12H2,1-2H3,(H2,21,22,23). The Morgan fingerprint density at radius 3 is 2.62 bits per heavy atom. The van der Waals surface area contributed by atoms with Gasteiger partial charge in [-0.15, -0.1) is 0 Å². The fraction of sp³-hybridized carbons (Fsp3) is 0.278. The Bertz CT molecular complexity index is 704. The molecule has 2 aromatic carbocycles. The molecule has 0 bridgehead atoms. The molecule has 0 fully saturated rings. The van der Waals surface area contributed by atoms with E-state index < -0.39 is 11.6 Å². The molecule has 0 aliphatic heterocycles. The van der Waals surface area contributed by atoms with Crippen molar-refractivity contribution in [1.29, 1.82) is 0 Å². The summed E-state index contributed by atoms with van der Waals surface area (Å²) in [4.78, 5) is 4.08. The SMILES string of the molecule is CCOc1cccc(CNC(=NC)NCc2cc(F)ccc2F)c1. The Hall–Kier alpha value is -2.63. The lowest BCUT2D eigenvalue weighted by Crippen LogP contribution is -2.36. The van der Waals surface area contributed by atoms with E-state index in [0.29, 0.717) is 19.1 Å². The molecule has 6 heteroatoms. The molecule has 2 rings (SSSR count). The van der Waals surface area contributed by atoms with Crippen molar-refractivity contribution in [2.24, 2.45) is 4.99 Å². The molecular formula is C18H21F2N3O. The molecule has 0 spiro atoms. The lowest BCUT2D eigenvalue weighted by atomic mass is 10.2. The minimum absolute atomic E-state index is 0.141. The van der Waals surface area contributed by atoms with Gasteiger partial charge in [0.1, 0.15) is 17.4 Å². The number of hydrogen-bond acceptors (Lipinski definition) is 2. The van der Waals surface area contributed by atoms with E-state index in [4.69, 9.17) is 4.74 Å². The number of benzene rings is 2. The van der Waals surface area contributed by atoms with E-state index in [-0.39, 0.29) is 12.1 Å². The summed E-state index contributed by atoms with van der Waals surface area (Å²) in [6.07, 6.45) is 0. The van der Waals surface area contributed by atoms with E-state index in [0.717, 1.165) is 23.4 Å². The Balaban J connectivity index is 1.91. The van der Waals surface area contributed by atoms with Gasteiger partial charge in [-0.3, -0.25) is 4.99 Å². The van der Waals surface area contributed by atoms with E-state index >= 15 is 0 Å². The van der Waals surface area contributed by atoms with Gasteiger partial charge in [-0.05, 0) is 42.8 Å². The third-order valence-corrected chi connectivity index (χ3v) is 3.35. The molecule has 0 saturated heterocycles. The molecule has 0 aromatic heterocycles. The fourth-order valence-electron chi connectivity index (χ4n) is 2.18. The highest BCUT2D eigenvalue weighted by atomic mass is 19.1. The average molecular weight is 333 g/mol. The zero-order valence-electron chi connectivity index (χ0n) is 13.8. The van der Waals surface area contributed by atoms with Crippen molar-refractivity contribution >= 4 is 5.96 Å². The average Bonchev–Trinajstić information content (AvgIpc) is 2.58. The highest BCUT2D eigenvalue weighted by Crippen LogP contribution is 2.13. The van der Waals surface area contributed by atoms with Gasteiger partial charge >= 0.3 is 0 Å². The summed E-state index contributed by atoms with van der Waals surface area (Å²) in [5.74, 6) is 0.384. The third kappa shape index (κ3) is 5.22. The van der Waals surface area contributed by atoms with E-state index in [1.165, 1.54) is 6.07 Å². The molecule has 0 atom stereocenters. The minimum Gasteiger partial charge on any atom is -0.494 e. The molecular weight excluding hydrogens is 312 g/mol. The van der Waals surface area contributed by atoms with Gasteiger partial charge in [0.2, 0.25) is 0 Å². The summed E-state index contributed by atoms with van der Waals surface area (Å²) in [5, 5.41) is 6.09. The normalized spacial score (nSPS) is 11.2. The summed E-state index contributed by atoms with van der Waals surface area (Å²) in [5.41, 5.74) is 1.28. The predicted molar refractivity (Wildman–Crippen MR) is 91.0 cm³/mol. The topological polar surface area (TPSA) is 45.6 Å². The Kier molecular flexibility index (Phi) is 6.54. The van der Waals surface area contributed by atoms with Crippen LogP contribution in [0.15, 0.2) is 47.5 Å². The van der Waals surface area contributed by atoms with E-state index in [1.807, 2.05) is 31.2 Å². The van der Waals surface area contributed by atoms with Crippen LogP contribution in [0.2, 0.25) is 0 Å². The Morgan fingerprint density at radius 1 is 1.08 bits per heavy atom. The number of guanidine groups is 1. The van der Waals surface area contributed by atoms with Crippen LogP contribution in [-0.2, 0) is 13.1 Å². The number of hydrogen-bond donors (Lipinski definition) is 2. The molecule has 0 amide bonds. The third-order valence-electron chi connectivity index (χ3n) is 3.35. The van der Waals surface area contributed by atoms with E-state index in [1.54, 1.807) is 7.05 Å². The second kappa shape index (κ2) is 8.86.